The molecule has 7 nitrogen and oxygen atoms in total. The normalized spacial score (nSPS) is 20.7. The van der Waals surface area contributed by atoms with Crippen LogP contribution in [0.3, 0.4) is 0 Å². The summed E-state index contributed by atoms with van der Waals surface area (Å²) in [5, 5.41) is 2.14. The molecule has 2 rings (SSSR count). The second-order valence-electron chi connectivity index (χ2n) is 5.97. The number of benzene rings is 1. The standard InChI is InChI=1S/C8H18N2O2S.C7H8O3S/c1-3-4-13(11,12)10-8-5-7(6-8)9-2;1-6-2-4-7(5-3-6)11(8,9)10/h7-10H,3-6H2,1-2H3;2-5H,1H3,(H,8,9,10). The van der Waals surface area contributed by atoms with Crippen LogP contribution < -0.4 is 10.0 Å². The van der Waals surface area contributed by atoms with Gasteiger partial charge in [0.15, 0.2) is 0 Å². The first-order valence-corrected chi connectivity index (χ1v) is 11.0. The van der Waals surface area contributed by atoms with E-state index < -0.39 is 20.1 Å². The molecule has 0 amide bonds. The van der Waals surface area contributed by atoms with E-state index in [1.807, 2.05) is 20.9 Å². The van der Waals surface area contributed by atoms with E-state index in [1.165, 1.54) is 12.1 Å². The zero-order chi connectivity index (χ0) is 18.4. The lowest BCUT2D eigenvalue weighted by Gasteiger charge is -2.32. The third kappa shape index (κ3) is 7.27. The lowest BCUT2D eigenvalue weighted by molar-refractivity contribution is -0.674. The molecule has 0 heterocycles. The highest BCUT2D eigenvalue weighted by Gasteiger charge is 2.33. The zero-order valence-electron chi connectivity index (χ0n) is 14.2. The molecule has 1 fully saturated rings. The number of nitrogens with one attached hydrogen (secondary N) is 1. The van der Waals surface area contributed by atoms with Crippen LogP contribution in [0.15, 0.2) is 29.2 Å². The fraction of sp³-hybridized carbons (Fsp3) is 0.600. The van der Waals surface area contributed by atoms with Crippen molar-refractivity contribution in [3.05, 3.63) is 29.8 Å². The second kappa shape index (κ2) is 8.91. The summed E-state index contributed by atoms with van der Waals surface area (Å²) in [7, 11) is -5.23. The second-order valence-corrected chi connectivity index (χ2v) is 9.22. The minimum atomic E-state index is -4.27. The largest absolute Gasteiger partial charge is 0.744 e. The molecule has 0 bridgehead atoms. The molecule has 0 saturated heterocycles. The van der Waals surface area contributed by atoms with E-state index in [0.717, 1.165) is 18.4 Å². The molecule has 138 valence electrons. The minimum Gasteiger partial charge on any atom is -0.744 e. The molecule has 24 heavy (non-hydrogen) atoms. The Bertz CT molecular complexity index is 709. The van der Waals surface area contributed by atoms with Crippen molar-refractivity contribution in [3.8, 4) is 0 Å². The quantitative estimate of drug-likeness (QED) is 0.672. The van der Waals surface area contributed by atoms with Crippen LogP contribution >= 0.6 is 0 Å². The maximum absolute atomic E-state index is 11.3. The van der Waals surface area contributed by atoms with Crippen LogP contribution in [0.1, 0.15) is 31.7 Å². The Morgan fingerprint density at radius 1 is 1.17 bits per heavy atom. The molecule has 1 aromatic carbocycles. The number of hydrogen-bond acceptors (Lipinski definition) is 5. The van der Waals surface area contributed by atoms with Crippen LogP contribution in [-0.2, 0) is 20.1 Å². The van der Waals surface area contributed by atoms with E-state index in [4.69, 9.17) is 0 Å². The van der Waals surface area contributed by atoms with Crippen molar-refractivity contribution in [2.45, 2.75) is 50.1 Å². The van der Waals surface area contributed by atoms with Gasteiger partial charge in [0.25, 0.3) is 0 Å². The molecule has 1 aromatic rings. The van der Waals surface area contributed by atoms with Crippen LogP contribution in [-0.4, -0.2) is 46.3 Å². The summed E-state index contributed by atoms with van der Waals surface area (Å²) in [6.45, 7) is 3.70. The molecule has 0 spiro atoms. The molecule has 1 saturated carbocycles. The van der Waals surface area contributed by atoms with Gasteiger partial charge in [0.05, 0.1) is 23.7 Å². The topological polar surface area (TPSA) is 120 Å². The Hall–Kier alpha value is -1.00. The van der Waals surface area contributed by atoms with E-state index in [-0.39, 0.29) is 16.7 Å². The van der Waals surface area contributed by atoms with E-state index in [0.29, 0.717) is 12.5 Å². The number of rotatable bonds is 6. The van der Waals surface area contributed by atoms with Crippen molar-refractivity contribution >= 4 is 20.1 Å². The van der Waals surface area contributed by atoms with Gasteiger partial charge in [-0.3, -0.25) is 0 Å². The third-order valence-electron chi connectivity index (χ3n) is 3.77. The van der Waals surface area contributed by atoms with Crippen molar-refractivity contribution in [1.82, 2.24) is 4.72 Å². The highest BCUT2D eigenvalue weighted by atomic mass is 32.2. The SMILES string of the molecule is CCCS(=O)(=O)NC1CC([NH2+]C)C1.Cc1ccc(S(=O)(=O)[O-])cc1. The van der Waals surface area contributed by atoms with Gasteiger partial charge < -0.3 is 9.87 Å². The van der Waals surface area contributed by atoms with Gasteiger partial charge in [-0.15, -0.1) is 0 Å². The number of nitrogens with two attached hydrogens (primary N) is 1. The highest BCUT2D eigenvalue weighted by molar-refractivity contribution is 7.89. The van der Waals surface area contributed by atoms with Crippen LogP contribution in [0.25, 0.3) is 0 Å². The van der Waals surface area contributed by atoms with Gasteiger partial charge in [-0.25, -0.2) is 21.6 Å². The van der Waals surface area contributed by atoms with Gasteiger partial charge in [0, 0.05) is 18.9 Å². The minimum absolute atomic E-state index is 0.178. The van der Waals surface area contributed by atoms with Crippen LogP contribution in [0, 0.1) is 6.92 Å². The maximum atomic E-state index is 11.3. The summed E-state index contributed by atoms with van der Waals surface area (Å²) in [5.41, 5.74) is 0.928. The van der Waals surface area contributed by atoms with Gasteiger partial charge in [0.2, 0.25) is 10.0 Å². The maximum Gasteiger partial charge on any atom is 0.211 e. The monoisotopic (exact) mass is 378 g/mol. The third-order valence-corrected chi connectivity index (χ3v) is 6.26. The molecular weight excluding hydrogens is 352 g/mol. The Balaban J connectivity index is 0.000000243. The smallest absolute Gasteiger partial charge is 0.211 e. The summed E-state index contributed by atoms with van der Waals surface area (Å²) < 4.78 is 56.5. The lowest BCUT2D eigenvalue weighted by Crippen LogP contribution is -2.90. The van der Waals surface area contributed by atoms with E-state index in [2.05, 4.69) is 10.0 Å². The zero-order valence-corrected chi connectivity index (χ0v) is 15.9. The Morgan fingerprint density at radius 3 is 2.12 bits per heavy atom. The predicted octanol–water partition coefficient (Wildman–Crippen LogP) is -0.0609. The van der Waals surface area contributed by atoms with Crippen molar-refractivity contribution in [3.63, 3.8) is 0 Å². The molecule has 0 unspecified atom stereocenters. The summed E-state index contributed by atoms with van der Waals surface area (Å²) in [6.07, 6.45) is 2.63. The Kier molecular flexibility index (Phi) is 7.81. The van der Waals surface area contributed by atoms with Gasteiger partial charge >= 0.3 is 0 Å². The van der Waals surface area contributed by atoms with Gasteiger partial charge in [-0.1, -0.05) is 24.6 Å². The molecule has 1 aliphatic rings. The van der Waals surface area contributed by atoms with Gasteiger partial charge in [-0.05, 0) is 25.5 Å². The summed E-state index contributed by atoms with van der Waals surface area (Å²) in [6, 6.07) is 6.59. The van der Waals surface area contributed by atoms with Crippen LogP contribution in [0.2, 0.25) is 0 Å². The van der Waals surface area contributed by atoms with Crippen LogP contribution in [0.5, 0.6) is 0 Å². The van der Waals surface area contributed by atoms with Crippen molar-refractivity contribution in [2.24, 2.45) is 0 Å². The van der Waals surface area contributed by atoms with Crippen molar-refractivity contribution < 1.29 is 26.7 Å². The summed E-state index contributed by atoms with van der Waals surface area (Å²) in [5.74, 6) is 0.254. The fourth-order valence-corrected chi connectivity index (χ4v) is 4.14. The molecule has 9 heteroatoms. The molecule has 0 atom stereocenters. The fourth-order valence-electron chi connectivity index (χ4n) is 2.32. The first kappa shape index (κ1) is 21.0. The van der Waals surface area contributed by atoms with E-state index >= 15 is 0 Å². The molecule has 3 N–H and O–H groups in total. The van der Waals surface area contributed by atoms with Crippen molar-refractivity contribution in [1.29, 1.82) is 0 Å². The van der Waals surface area contributed by atoms with E-state index in [1.54, 1.807) is 12.1 Å². The molecule has 0 aromatic heterocycles. The highest BCUT2D eigenvalue weighted by Crippen LogP contribution is 2.17. The Morgan fingerprint density at radius 2 is 1.71 bits per heavy atom. The van der Waals surface area contributed by atoms with Crippen LogP contribution in [0.4, 0.5) is 0 Å². The van der Waals surface area contributed by atoms with Gasteiger partial charge in [0.1, 0.15) is 10.1 Å². The molecular formula is C15H26N2O5S2. The number of sulfonamides is 1. The van der Waals surface area contributed by atoms with Crippen molar-refractivity contribution in [2.75, 3.05) is 12.8 Å². The molecule has 0 aliphatic heterocycles. The average Bonchev–Trinajstić information content (AvgIpc) is 2.42. The summed E-state index contributed by atoms with van der Waals surface area (Å²) in [4.78, 5) is -0.178. The number of hydrogen-bond donors (Lipinski definition) is 2. The Labute approximate surface area is 144 Å². The molecule has 0 radical (unpaired) electrons. The summed E-state index contributed by atoms with van der Waals surface area (Å²) >= 11 is 0. The molecule has 1 aliphatic carbocycles. The van der Waals surface area contributed by atoms with E-state index in [9.17, 15) is 21.4 Å². The first-order chi connectivity index (χ1) is 11.1. The lowest BCUT2D eigenvalue weighted by atomic mass is 9.88. The number of aryl methyl sites for hydroxylation is 1. The predicted molar refractivity (Wildman–Crippen MR) is 91.0 cm³/mol. The number of quaternary nitrogens is 1. The average molecular weight is 379 g/mol. The van der Waals surface area contributed by atoms with Gasteiger partial charge in [-0.2, -0.15) is 0 Å². The first-order valence-electron chi connectivity index (χ1n) is 7.89.